The minimum Gasteiger partial charge on any atom is -0.355 e. The highest BCUT2D eigenvalue weighted by Crippen LogP contribution is 2.50. The molecule has 0 aromatic carbocycles. The van der Waals surface area contributed by atoms with E-state index in [4.69, 9.17) is 0 Å². The van der Waals surface area contributed by atoms with Gasteiger partial charge >= 0.3 is 6.18 Å². The van der Waals surface area contributed by atoms with E-state index in [1.807, 2.05) is 0 Å². The standard InChI is InChI=1S/C8H7F3N6/c9-8(10,11)7(3-4-7)12-5-1-2-6-13-15-16-17(6)14-5/h1-2H,3-4H2,(H,12,14). The van der Waals surface area contributed by atoms with Crippen molar-refractivity contribution < 1.29 is 13.2 Å². The molecular formula is C8H7F3N6. The maximum absolute atomic E-state index is 12.7. The van der Waals surface area contributed by atoms with Crippen LogP contribution in [0.5, 0.6) is 0 Å². The van der Waals surface area contributed by atoms with Crippen LogP contribution in [-0.4, -0.2) is 37.0 Å². The Hall–Kier alpha value is -1.93. The molecule has 2 aromatic rings. The molecule has 1 aliphatic rings. The summed E-state index contributed by atoms with van der Waals surface area (Å²) in [4.78, 5) is 0. The van der Waals surface area contributed by atoms with Gasteiger partial charge in [0.05, 0.1) is 0 Å². The van der Waals surface area contributed by atoms with Gasteiger partial charge in [-0.1, -0.05) is 0 Å². The summed E-state index contributed by atoms with van der Waals surface area (Å²) in [6.45, 7) is 0. The lowest BCUT2D eigenvalue weighted by Gasteiger charge is -2.20. The van der Waals surface area contributed by atoms with Crippen molar-refractivity contribution in [2.45, 2.75) is 24.6 Å². The summed E-state index contributed by atoms with van der Waals surface area (Å²) in [6.07, 6.45) is -4.15. The predicted octanol–water partition coefficient (Wildman–Crippen LogP) is 1.03. The third kappa shape index (κ3) is 1.58. The van der Waals surface area contributed by atoms with Gasteiger partial charge in [-0.3, -0.25) is 0 Å². The molecule has 1 fully saturated rings. The zero-order valence-electron chi connectivity index (χ0n) is 8.44. The largest absolute Gasteiger partial charge is 0.411 e. The van der Waals surface area contributed by atoms with E-state index >= 15 is 0 Å². The lowest BCUT2D eigenvalue weighted by Crippen LogP contribution is -2.39. The van der Waals surface area contributed by atoms with E-state index in [0.717, 1.165) is 4.63 Å². The fourth-order valence-electron chi connectivity index (χ4n) is 1.57. The van der Waals surface area contributed by atoms with E-state index in [2.05, 4.69) is 25.9 Å². The molecule has 0 radical (unpaired) electrons. The number of rotatable bonds is 2. The number of hydrogen-bond donors (Lipinski definition) is 1. The second-order valence-electron chi connectivity index (χ2n) is 3.95. The molecule has 0 spiro atoms. The van der Waals surface area contributed by atoms with E-state index in [0.29, 0.717) is 5.65 Å². The Bertz CT molecular complexity index is 558. The summed E-state index contributed by atoms with van der Waals surface area (Å²) in [7, 11) is 0. The molecule has 0 saturated heterocycles. The first-order valence-corrected chi connectivity index (χ1v) is 4.91. The highest BCUT2D eigenvalue weighted by Gasteiger charge is 2.63. The maximum Gasteiger partial charge on any atom is 0.411 e. The quantitative estimate of drug-likeness (QED) is 0.854. The second kappa shape index (κ2) is 3.05. The summed E-state index contributed by atoms with van der Waals surface area (Å²) in [6, 6.07) is 2.93. The first-order valence-electron chi connectivity index (χ1n) is 4.91. The smallest absolute Gasteiger partial charge is 0.355 e. The Labute approximate surface area is 92.8 Å². The minimum absolute atomic E-state index is 0.0613. The zero-order chi connectivity index (χ0) is 12.1. The molecule has 3 rings (SSSR count). The number of halogens is 3. The van der Waals surface area contributed by atoms with Crippen LogP contribution in [0.1, 0.15) is 12.8 Å². The van der Waals surface area contributed by atoms with Gasteiger partial charge in [-0.05, 0) is 35.4 Å². The van der Waals surface area contributed by atoms with Crippen LogP contribution in [0.4, 0.5) is 19.0 Å². The van der Waals surface area contributed by atoms with E-state index in [9.17, 15) is 13.2 Å². The number of fused-ring (bicyclic) bond motifs is 1. The Morgan fingerprint density at radius 2 is 2.06 bits per heavy atom. The monoisotopic (exact) mass is 244 g/mol. The number of alkyl halides is 3. The lowest BCUT2D eigenvalue weighted by atomic mass is 10.2. The van der Waals surface area contributed by atoms with Gasteiger partial charge in [0.15, 0.2) is 5.65 Å². The highest BCUT2D eigenvalue weighted by molar-refractivity contribution is 5.45. The van der Waals surface area contributed by atoms with Gasteiger partial charge in [-0.25, -0.2) is 0 Å². The summed E-state index contributed by atoms with van der Waals surface area (Å²) in [5.74, 6) is 0.111. The predicted molar refractivity (Wildman–Crippen MR) is 50.2 cm³/mol. The average Bonchev–Trinajstić information content (AvgIpc) is 2.90. The molecule has 2 aromatic heterocycles. The summed E-state index contributed by atoms with van der Waals surface area (Å²) >= 11 is 0. The maximum atomic E-state index is 12.7. The molecule has 1 aliphatic carbocycles. The Kier molecular flexibility index (Phi) is 1.84. The Morgan fingerprint density at radius 1 is 1.29 bits per heavy atom. The number of hydrogen-bond acceptors (Lipinski definition) is 5. The molecule has 1 N–H and O–H groups in total. The Morgan fingerprint density at radius 3 is 2.71 bits per heavy atom. The van der Waals surface area contributed by atoms with Gasteiger partial charge in [-0.2, -0.15) is 13.2 Å². The van der Waals surface area contributed by atoms with E-state index in [1.165, 1.54) is 12.1 Å². The van der Waals surface area contributed by atoms with Crippen LogP contribution in [0.3, 0.4) is 0 Å². The zero-order valence-corrected chi connectivity index (χ0v) is 8.44. The molecule has 17 heavy (non-hydrogen) atoms. The van der Waals surface area contributed by atoms with Crippen LogP contribution in [0.25, 0.3) is 5.65 Å². The van der Waals surface area contributed by atoms with Crippen LogP contribution < -0.4 is 5.32 Å². The van der Waals surface area contributed by atoms with Gasteiger partial charge < -0.3 is 5.32 Å². The molecule has 0 unspecified atom stereocenters. The number of tetrazole rings is 1. The van der Waals surface area contributed by atoms with Gasteiger partial charge in [-0.15, -0.1) is 14.8 Å². The molecule has 1 saturated carbocycles. The summed E-state index contributed by atoms with van der Waals surface area (Å²) in [5, 5.41) is 16.7. The van der Waals surface area contributed by atoms with Crippen molar-refractivity contribution in [1.29, 1.82) is 0 Å². The summed E-state index contributed by atoms with van der Waals surface area (Å²) < 4.78 is 39.2. The molecular weight excluding hydrogens is 237 g/mol. The van der Waals surface area contributed by atoms with Gasteiger partial charge in [0.2, 0.25) is 0 Å². The molecule has 0 amide bonds. The van der Waals surface area contributed by atoms with Crippen molar-refractivity contribution in [1.82, 2.24) is 25.3 Å². The van der Waals surface area contributed by atoms with Crippen LogP contribution in [0, 0.1) is 0 Å². The topological polar surface area (TPSA) is 68.0 Å². The van der Waals surface area contributed by atoms with E-state index in [1.54, 1.807) is 0 Å². The Balaban J connectivity index is 1.90. The number of anilines is 1. The van der Waals surface area contributed by atoms with Crippen LogP contribution in [0.2, 0.25) is 0 Å². The van der Waals surface area contributed by atoms with E-state index < -0.39 is 11.7 Å². The van der Waals surface area contributed by atoms with Crippen molar-refractivity contribution in [2.24, 2.45) is 0 Å². The summed E-state index contributed by atoms with van der Waals surface area (Å²) in [5.41, 5.74) is -1.45. The van der Waals surface area contributed by atoms with Gasteiger partial charge in [0, 0.05) is 0 Å². The van der Waals surface area contributed by atoms with Crippen molar-refractivity contribution in [3.8, 4) is 0 Å². The van der Waals surface area contributed by atoms with Crippen molar-refractivity contribution in [2.75, 3.05) is 5.32 Å². The number of nitrogens with one attached hydrogen (secondary N) is 1. The van der Waals surface area contributed by atoms with Crippen LogP contribution >= 0.6 is 0 Å². The van der Waals surface area contributed by atoms with E-state index in [-0.39, 0.29) is 18.7 Å². The van der Waals surface area contributed by atoms with Crippen molar-refractivity contribution in [3.63, 3.8) is 0 Å². The number of aromatic nitrogens is 5. The second-order valence-corrected chi connectivity index (χ2v) is 3.95. The molecule has 0 bridgehead atoms. The fraction of sp³-hybridized carbons (Fsp3) is 0.500. The number of nitrogens with zero attached hydrogens (tertiary/aromatic N) is 5. The van der Waals surface area contributed by atoms with Gasteiger partial charge in [0.25, 0.3) is 0 Å². The normalized spacial score (nSPS) is 18.3. The van der Waals surface area contributed by atoms with Crippen molar-refractivity contribution in [3.05, 3.63) is 12.1 Å². The van der Waals surface area contributed by atoms with Crippen molar-refractivity contribution >= 4 is 11.5 Å². The third-order valence-corrected chi connectivity index (χ3v) is 2.73. The fourth-order valence-corrected chi connectivity index (χ4v) is 1.57. The molecule has 6 nitrogen and oxygen atoms in total. The minimum atomic E-state index is -4.27. The molecule has 2 heterocycles. The third-order valence-electron chi connectivity index (χ3n) is 2.73. The molecule has 90 valence electrons. The van der Waals surface area contributed by atoms with Gasteiger partial charge in [0.1, 0.15) is 11.4 Å². The van der Waals surface area contributed by atoms with Crippen LogP contribution in [-0.2, 0) is 0 Å². The molecule has 0 aliphatic heterocycles. The first kappa shape index (κ1) is 10.2. The molecule has 9 heteroatoms. The van der Waals surface area contributed by atoms with Crippen LogP contribution in [0.15, 0.2) is 12.1 Å². The molecule has 0 atom stereocenters. The highest BCUT2D eigenvalue weighted by atomic mass is 19.4. The average molecular weight is 244 g/mol. The first-order chi connectivity index (χ1) is 8.00. The SMILES string of the molecule is FC(F)(F)C1(Nc2ccc3nnnn3n2)CC1. The lowest BCUT2D eigenvalue weighted by molar-refractivity contribution is -0.151.